The van der Waals surface area contributed by atoms with Crippen LogP contribution in [0, 0.1) is 0 Å². The number of rotatable bonds is 61. The van der Waals surface area contributed by atoms with Crippen molar-refractivity contribution in [2.45, 2.75) is 316 Å². The van der Waals surface area contributed by atoms with E-state index in [0.717, 1.165) is 116 Å². The number of carbonyl (C=O) groups excluding carboxylic acids is 3. The highest BCUT2D eigenvalue weighted by Crippen LogP contribution is 2.16. The summed E-state index contributed by atoms with van der Waals surface area (Å²) >= 11 is 0. The minimum atomic E-state index is -0.826. The van der Waals surface area contributed by atoms with Crippen LogP contribution in [0.2, 0.25) is 0 Å². The molecule has 0 spiro atoms. The molecule has 82 heavy (non-hydrogen) atoms. The van der Waals surface area contributed by atoms with E-state index in [0.29, 0.717) is 19.3 Å². The molecular formula is C76H126O6. The van der Waals surface area contributed by atoms with Crippen LogP contribution in [0.25, 0.3) is 0 Å². The van der Waals surface area contributed by atoms with Gasteiger partial charge in [0.15, 0.2) is 6.10 Å². The molecular weight excluding hydrogens is 1010 g/mol. The Balaban J connectivity index is 4.31. The summed E-state index contributed by atoms with van der Waals surface area (Å²) in [5, 5.41) is 0. The quantitative estimate of drug-likeness (QED) is 0.0261. The fraction of sp³-hybridized carbons (Fsp3) is 0.671. The summed E-state index contributed by atoms with van der Waals surface area (Å²) in [6.45, 7) is 6.36. The molecule has 6 heteroatoms. The monoisotopic (exact) mass is 1130 g/mol. The van der Waals surface area contributed by atoms with Gasteiger partial charge in [-0.2, -0.15) is 0 Å². The largest absolute Gasteiger partial charge is 0.462 e. The lowest BCUT2D eigenvalue weighted by Gasteiger charge is -2.18. The van der Waals surface area contributed by atoms with Crippen LogP contribution in [-0.4, -0.2) is 37.2 Å². The van der Waals surface area contributed by atoms with E-state index in [1.54, 1.807) is 0 Å². The second-order valence-corrected chi connectivity index (χ2v) is 22.3. The molecule has 0 radical (unpaired) electrons. The maximum absolute atomic E-state index is 12.9. The van der Waals surface area contributed by atoms with Crippen molar-refractivity contribution in [3.05, 3.63) is 134 Å². The second-order valence-electron chi connectivity index (χ2n) is 22.3. The Hall–Kier alpha value is -4.45. The van der Waals surface area contributed by atoms with Crippen molar-refractivity contribution in [3.63, 3.8) is 0 Å². The van der Waals surface area contributed by atoms with Gasteiger partial charge >= 0.3 is 17.9 Å². The summed E-state index contributed by atoms with van der Waals surface area (Å²) in [5.74, 6) is -0.998. The summed E-state index contributed by atoms with van der Waals surface area (Å²) in [4.78, 5) is 38.3. The van der Waals surface area contributed by atoms with Crippen molar-refractivity contribution in [2.75, 3.05) is 13.2 Å². The third kappa shape index (κ3) is 66.4. The number of unbranched alkanes of at least 4 members (excludes halogenated alkanes) is 28. The molecule has 0 rings (SSSR count). The van der Waals surface area contributed by atoms with E-state index in [2.05, 4.69) is 148 Å². The van der Waals surface area contributed by atoms with Crippen LogP contribution in [0.1, 0.15) is 310 Å². The first-order chi connectivity index (χ1) is 40.5. The Morgan fingerprint density at radius 2 is 0.500 bits per heavy atom. The molecule has 0 aliphatic heterocycles. The van der Waals surface area contributed by atoms with Crippen LogP contribution in [0.5, 0.6) is 0 Å². The zero-order valence-corrected chi connectivity index (χ0v) is 53.5. The molecule has 0 aliphatic carbocycles. The van der Waals surface area contributed by atoms with E-state index >= 15 is 0 Å². The van der Waals surface area contributed by atoms with E-state index in [9.17, 15) is 14.4 Å². The Morgan fingerprint density at radius 1 is 0.256 bits per heavy atom. The molecule has 0 aromatic heterocycles. The van der Waals surface area contributed by atoms with Crippen molar-refractivity contribution in [3.8, 4) is 0 Å². The van der Waals surface area contributed by atoms with Gasteiger partial charge < -0.3 is 14.2 Å². The highest BCUT2D eigenvalue weighted by molar-refractivity contribution is 5.71. The van der Waals surface area contributed by atoms with Crippen LogP contribution >= 0.6 is 0 Å². The molecule has 0 saturated heterocycles. The van der Waals surface area contributed by atoms with Crippen LogP contribution in [0.4, 0.5) is 0 Å². The highest BCUT2D eigenvalue weighted by Gasteiger charge is 2.19. The van der Waals surface area contributed by atoms with Crippen molar-refractivity contribution >= 4 is 17.9 Å². The number of esters is 3. The SMILES string of the molecule is CC/C=C\C/C=C\C/C=C\C/C=C\C/C=C\C/C=C\CCC(=O)OC(COC(=O)CCCCCCC/C=C\CCCCCCC)COC(=O)CCCCCCCCCCCCCCCCCCCC/C=C\C/C=C\C/C=C\C/C=C\CC. The number of hydrogen-bond acceptors (Lipinski definition) is 6. The van der Waals surface area contributed by atoms with Gasteiger partial charge in [-0.25, -0.2) is 0 Å². The van der Waals surface area contributed by atoms with Crippen LogP contribution in [0.3, 0.4) is 0 Å². The molecule has 0 bridgehead atoms. The highest BCUT2D eigenvalue weighted by atomic mass is 16.6. The number of allylic oxidation sites excluding steroid dienone is 22. The van der Waals surface area contributed by atoms with Crippen LogP contribution in [-0.2, 0) is 28.6 Å². The predicted octanol–water partition coefficient (Wildman–Crippen LogP) is 23.7. The fourth-order valence-corrected chi connectivity index (χ4v) is 9.34. The maximum Gasteiger partial charge on any atom is 0.306 e. The molecule has 0 fully saturated rings. The summed E-state index contributed by atoms with van der Waals surface area (Å²) < 4.78 is 16.9. The molecule has 466 valence electrons. The standard InChI is InChI=1S/C76H126O6/c1-4-7-10-13-16-19-22-25-28-30-32-33-34-35-36-37-38-39-40-41-42-43-45-46-48-51-54-57-60-63-66-69-75(78)81-72-73(71-80-74(77)68-65-62-59-56-53-50-27-24-21-18-15-12-9-6-3)82-76(79)70-67-64-61-58-55-52-49-47-44-31-29-26-23-20-17-14-11-8-5-2/h7-8,10-11,16-17,19-20,24-29,32-33,44,47,52,55,61,64,73H,4-6,9,12-15,18,21-23,30-31,34-43,45-46,48-51,53-54,56-60,62-63,65-72H2,1-3H3/b10-7-,11-8-,19-16-,20-17-,27-24-,28-25-,29-26-,33-32-,47-44-,55-52-,64-61-. The summed E-state index contributed by atoms with van der Waals surface area (Å²) in [6.07, 6.45) is 97.8. The Kier molecular flexibility index (Phi) is 65.3. The zero-order chi connectivity index (χ0) is 59.2. The van der Waals surface area contributed by atoms with Gasteiger partial charge in [-0.1, -0.05) is 302 Å². The molecule has 0 amide bonds. The van der Waals surface area contributed by atoms with Crippen molar-refractivity contribution in [1.82, 2.24) is 0 Å². The van der Waals surface area contributed by atoms with Gasteiger partial charge in [0.05, 0.1) is 0 Å². The Morgan fingerprint density at radius 3 is 0.805 bits per heavy atom. The summed E-state index contributed by atoms with van der Waals surface area (Å²) in [5.41, 5.74) is 0. The molecule has 0 saturated carbocycles. The first-order valence-corrected chi connectivity index (χ1v) is 34.2. The third-order valence-electron chi connectivity index (χ3n) is 14.4. The van der Waals surface area contributed by atoms with Crippen molar-refractivity contribution in [2.24, 2.45) is 0 Å². The summed E-state index contributed by atoms with van der Waals surface area (Å²) in [6, 6.07) is 0. The lowest BCUT2D eigenvalue weighted by atomic mass is 10.0. The second kappa shape index (κ2) is 69.0. The van der Waals surface area contributed by atoms with E-state index < -0.39 is 12.1 Å². The van der Waals surface area contributed by atoms with E-state index in [1.165, 1.54) is 148 Å². The number of ether oxygens (including phenoxy) is 3. The van der Waals surface area contributed by atoms with Gasteiger partial charge in [0.2, 0.25) is 0 Å². The molecule has 0 aliphatic rings. The smallest absolute Gasteiger partial charge is 0.306 e. The molecule has 1 atom stereocenters. The summed E-state index contributed by atoms with van der Waals surface area (Å²) in [7, 11) is 0. The fourth-order valence-electron chi connectivity index (χ4n) is 9.34. The van der Waals surface area contributed by atoms with E-state index in [1.807, 2.05) is 6.08 Å². The minimum absolute atomic E-state index is 0.111. The first-order valence-electron chi connectivity index (χ1n) is 34.2. The van der Waals surface area contributed by atoms with E-state index in [-0.39, 0.29) is 31.6 Å². The van der Waals surface area contributed by atoms with Crippen LogP contribution < -0.4 is 0 Å². The van der Waals surface area contributed by atoms with E-state index in [4.69, 9.17) is 14.2 Å². The average Bonchev–Trinajstić information content (AvgIpc) is 3.47. The van der Waals surface area contributed by atoms with Crippen molar-refractivity contribution in [1.29, 1.82) is 0 Å². The van der Waals surface area contributed by atoms with Gasteiger partial charge in [-0.05, 0) is 122 Å². The lowest BCUT2D eigenvalue weighted by Crippen LogP contribution is -2.30. The minimum Gasteiger partial charge on any atom is -0.462 e. The maximum atomic E-state index is 12.9. The topological polar surface area (TPSA) is 78.9 Å². The van der Waals surface area contributed by atoms with Gasteiger partial charge in [0.1, 0.15) is 13.2 Å². The van der Waals surface area contributed by atoms with Crippen LogP contribution in [0.15, 0.2) is 134 Å². The molecule has 0 heterocycles. The molecule has 1 unspecified atom stereocenters. The number of carbonyl (C=O) groups is 3. The van der Waals surface area contributed by atoms with Gasteiger partial charge in [0, 0.05) is 19.3 Å². The Labute approximate surface area is 506 Å². The molecule has 0 aromatic carbocycles. The number of hydrogen-bond donors (Lipinski definition) is 0. The average molecular weight is 1140 g/mol. The predicted molar refractivity (Wildman–Crippen MR) is 357 cm³/mol. The Bertz CT molecular complexity index is 1730. The molecule has 0 aromatic rings. The normalized spacial score (nSPS) is 13.0. The van der Waals surface area contributed by atoms with Gasteiger partial charge in [-0.3, -0.25) is 14.4 Å². The molecule has 0 N–H and O–H groups in total. The van der Waals surface area contributed by atoms with Gasteiger partial charge in [-0.15, -0.1) is 0 Å². The lowest BCUT2D eigenvalue weighted by molar-refractivity contribution is -0.166. The molecule has 6 nitrogen and oxygen atoms in total. The zero-order valence-electron chi connectivity index (χ0n) is 53.5. The van der Waals surface area contributed by atoms with Gasteiger partial charge in [0.25, 0.3) is 0 Å². The van der Waals surface area contributed by atoms with Crippen molar-refractivity contribution < 1.29 is 28.6 Å². The first kappa shape index (κ1) is 77.5. The third-order valence-corrected chi connectivity index (χ3v) is 14.4.